The van der Waals surface area contributed by atoms with E-state index in [1.54, 1.807) is 6.07 Å². The largest absolute Gasteiger partial charge is 0.489 e. The molecule has 26 heavy (non-hydrogen) atoms. The molecule has 0 unspecified atom stereocenters. The highest BCUT2D eigenvalue weighted by atomic mass is 19.1. The summed E-state index contributed by atoms with van der Waals surface area (Å²) in [4.78, 5) is 12.6. The van der Waals surface area contributed by atoms with Gasteiger partial charge in [0.25, 0.3) is 0 Å². The molecule has 138 valence electrons. The van der Waals surface area contributed by atoms with Gasteiger partial charge in [0, 0.05) is 19.5 Å². The van der Waals surface area contributed by atoms with E-state index in [0.717, 1.165) is 16.7 Å². The molecule has 2 aromatic carbocycles. The Bertz CT molecular complexity index is 769. The van der Waals surface area contributed by atoms with Crippen molar-refractivity contribution in [3.05, 3.63) is 65.0 Å². The molecule has 0 spiro atoms. The highest BCUT2D eigenvalue weighted by Crippen LogP contribution is 2.24. The molecule has 0 radical (unpaired) electrons. The lowest BCUT2D eigenvalue weighted by molar-refractivity contribution is -0.111. The number of rotatable bonds is 7. The zero-order valence-corrected chi connectivity index (χ0v) is 14.6. The predicted octanol–water partition coefficient (Wildman–Crippen LogP) is 3.33. The molecule has 1 aliphatic rings. The number of carbonyl (C=O) groups excluding carboxylic acids is 1. The van der Waals surface area contributed by atoms with Crippen LogP contribution in [0.1, 0.15) is 23.1 Å². The van der Waals surface area contributed by atoms with Crippen LogP contribution < -0.4 is 10.1 Å². The Morgan fingerprint density at radius 3 is 2.88 bits per heavy atom. The minimum absolute atomic E-state index is 0.272. The average Bonchev–Trinajstić information content (AvgIpc) is 2.95. The first-order valence-electron chi connectivity index (χ1n) is 8.59. The van der Waals surface area contributed by atoms with Crippen LogP contribution in [0, 0.1) is 12.7 Å². The fraction of sp³-hybridized carbons (Fsp3) is 0.350. The molecular weight excluding hydrogens is 338 g/mol. The molecule has 4 nitrogen and oxygen atoms in total. The molecule has 1 aliphatic heterocycles. The summed E-state index contributed by atoms with van der Waals surface area (Å²) in [7, 11) is 0. The highest BCUT2D eigenvalue weighted by Gasteiger charge is 2.31. The molecule has 0 saturated carbocycles. The molecule has 1 saturated heterocycles. The molecular formula is C20H22F2N2O2. The van der Waals surface area contributed by atoms with Crippen molar-refractivity contribution in [2.75, 3.05) is 6.54 Å². The second kappa shape index (κ2) is 8.27. The third-order valence-electron chi connectivity index (χ3n) is 4.59. The van der Waals surface area contributed by atoms with Crippen molar-refractivity contribution in [3.8, 4) is 5.75 Å². The van der Waals surface area contributed by atoms with E-state index in [2.05, 4.69) is 5.32 Å². The van der Waals surface area contributed by atoms with E-state index >= 15 is 0 Å². The van der Waals surface area contributed by atoms with E-state index in [9.17, 15) is 13.6 Å². The molecule has 0 aromatic heterocycles. The van der Waals surface area contributed by atoms with Crippen LogP contribution in [0.25, 0.3) is 0 Å². The third kappa shape index (κ3) is 4.58. The summed E-state index contributed by atoms with van der Waals surface area (Å²) in [5.74, 6) is 0.413. The molecule has 0 bridgehead atoms. The van der Waals surface area contributed by atoms with E-state index in [1.165, 1.54) is 12.1 Å². The Morgan fingerprint density at radius 2 is 2.15 bits per heavy atom. The second-order valence-corrected chi connectivity index (χ2v) is 6.57. The number of ether oxygens (including phenoxy) is 1. The molecule has 3 rings (SSSR count). The van der Waals surface area contributed by atoms with Crippen LogP contribution in [-0.4, -0.2) is 30.2 Å². The molecule has 2 atom stereocenters. The quantitative estimate of drug-likeness (QED) is 0.770. The van der Waals surface area contributed by atoms with Gasteiger partial charge in [-0.25, -0.2) is 8.78 Å². The van der Waals surface area contributed by atoms with Crippen LogP contribution in [0.2, 0.25) is 0 Å². The molecule has 1 fully saturated rings. The van der Waals surface area contributed by atoms with E-state index in [1.807, 2.05) is 36.1 Å². The van der Waals surface area contributed by atoms with Crippen molar-refractivity contribution >= 4 is 6.41 Å². The van der Waals surface area contributed by atoms with Gasteiger partial charge in [-0.05, 0) is 47.9 Å². The van der Waals surface area contributed by atoms with Gasteiger partial charge < -0.3 is 10.1 Å². The van der Waals surface area contributed by atoms with Gasteiger partial charge in [0.05, 0.1) is 6.17 Å². The monoisotopic (exact) mass is 360 g/mol. The van der Waals surface area contributed by atoms with Crippen molar-refractivity contribution in [1.29, 1.82) is 0 Å². The smallest absolute Gasteiger partial charge is 0.208 e. The lowest BCUT2D eigenvalue weighted by Gasteiger charge is -2.24. The number of nitrogens with zero attached hydrogens (tertiary/aromatic N) is 1. The van der Waals surface area contributed by atoms with Crippen LogP contribution in [0.15, 0.2) is 42.5 Å². The van der Waals surface area contributed by atoms with Crippen molar-refractivity contribution in [2.24, 2.45) is 0 Å². The molecule has 6 heteroatoms. The summed E-state index contributed by atoms with van der Waals surface area (Å²) in [5.41, 5.74) is 2.84. The zero-order valence-electron chi connectivity index (χ0n) is 14.6. The number of carbonyl (C=O) groups is 1. The number of halogens is 2. The Kier molecular flexibility index (Phi) is 5.83. The van der Waals surface area contributed by atoms with E-state index in [4.69, 9.17) is 4.74 Å². The fourth-order valence-electron chi connectivity index (χ4n) is 3.22. The topological polar surface area (TPSA) is 41.6 Å². The van der Waals surface area contributed by atoms with Gasteiger partial charge >= 0.3 is 0 Å². The number of amides is 1. The Labute approximate surface area is 151 Å². The second-order valence-electron chi connectivity index (χ2n) is 6.57. The summed E-state index contributed by atoms with van der Waals surface area (Å²) in [6.45, 7) is 3.12. The number of nitrogens with one attached hydrogen (secondary N) is 1. The Balaban J connectivity index is 1.63. The maximum absolute atomic E-state index is 13.7. The molecule has 1 heterocycles. The lowest BCUT2D eigenvalue weighted by Crippen LogP contribution is -2.40. The SMILES string of the molecule is Cc1cc(OCc2cccc(F)c2)ccc1CN1C[C@@H](F)C[C@H]1NC=O. The van der Waals surface area contributed by atoms with Crippen LogP contribution in [-0.2, 0) is 17.9 Å². The summed E-state index contributed by atoms with van der Waals surface area (Å²) < 4.78 is 32.6. The van der Waals surface area contributed by atoms with E-state index in [-0.39, 0.29) is 18.6 Å². The molecule has 1 amide bonds. The summed E-state index contributed by atoms with van der Waals surface area (Å²) in [6, 6.07) is 12.0. The van der Waals surface area contributed by atoms with E-state index in [0.29, 0.717) is 31.7 Å². The summed E-state index contributed by atoms with van der Waals surface area (Å²) in [6.07, 6.45) is -0.272. The third-order valence-corrected chi connectivity index (χ3v) is 4.59. The van der Waals surface area contributed by atoms with Gasteiger partial charge in [-0.1, -0.05) is 18.2 Å². The Morgan fingerprint density at radius 1 is 1.31 bits per heavy atom. The minimum Gasteiger partial charge on any atom is -0.489 e. The minimum atomic E-state index is -0.929. The number of likely N-dealkylation sites (tertiary alicyclic amines) is 1. The van der Waals surface area contributed by atoms with Crippen LogP contribution in [0.4, 0.5) is 8.78 Å². The van der Waals surface area contributed by atoms with Crippen LogP contribution in [0.3, 0.4) is 0 Å². The number of benzene rings is 2. The maximum atomic E-state index is 13.7. The average molecular weight is 360 g/mol. The van der Waals surface area contributed by atoms with Crippen molar-refractivity contribution in [1.82, 2.24) is 10.2 Å². The van der Waals surface area contributed by atoms with Crippen LogP contribution >= 0.6 is 0 Å². The van der Waals surface area contributed by atoms with Gasteiger partial charge in [-0.3, -0.25) is 9.69 Å². The van der Waals surface area contributed by atoms with Gasteiger partial charge in [0.1, 0.15) is 24.3 Å². The van der Waals surface area contributed by atoms with Crippen molar-refractivity contribution < 1.29 is 18.3 Å². The molecule has 2 aromatic rings. The van der Waals surface area contributed by atoms with Crippen LogP contribution in [0.5, 0.6) is 5.75 Å². The molecule has 0 aliphatic carbocycles. The fourth-order valence-corrected chi connectivity index (χ4v) is 3.22. The van der Waals surface area contributed by atoms with Gasteiger partial charge in [-0.2, -0.15) is 0 Å². The maximum Gasteiger partial charge on any atom is 0.208 e. The zero-order chi connectivity index (χ0) is 18.5. The first-order valence-corrected chi connectivity index (χ1v) is 8.59. The number of alkyl halides is 1. The number of hydrogen-bond donors (Lipinski definition) is 1. The van der Waals surface area contributed by atoms with Crippen molar-refractivity contribution in [3.63, 3.8) is 0 Å². The first kappa shape index (κ1) is 18.3. The summed E-state index contributed by atoms with van der Waals surface area (Å²) >= 11 is 0. The predicted molar refractivity (Wildman–Crippen MR) is 94.8 cm³/mol. The molecule has 1 N–H and O–H groups in total. The standard InChI is InChI=1S/C20H22F2N2O2/c1-14-7-19(26-12-15-3-2-4-17(21)8-15)6-5-16(14)10-24-11-18(22)9-20(24)23-13-25/h2-8,13,18,20H,9-12H2,1H3,(H,23,25)/t18-,20-/m0/s1. The first-order chi connectivity index (χ1) is 12.5. The van der Waals surface area contributed by atoms with Gasteiger partial charge in [0.15, 0.2) is 0 Å². The van der Waals surface area contributed by atoms with Gasteiger partial charge in [0.2, 0.25) is 6.41 Å². The highest BCUT2D eigenvalue weighted by molar-refractivity contribution is 5.46. The van der Waals surface area contributed by atoms with Crippen molar-refractivity contribution in [2.45, 2.75) is 38.8 Å². The lowest BCUT2D eigenvalue weighted by atomic mass is 10.1. The number of hydrogen-bond acceptors (Lipinski definition) is 3. The van der Waals surface area contributed by atoms with Gasteiger partial charge in [-0.15, -0.1) is 0 Å². The normalized spacial score (nSPS) is 20.1. The number of aryl methyl sites for hydroxylation is 1. The summed E-state index contributed by atoms with van der Waals surface area (Å²) in [5, 5.41) is 2.67. The Hall–Kier alpha value is -2.47. The van der Waals surface area contributed by atoms with E-state index < -0.39 is 6.17 Å².